The first-order valence-corrected chi connectivity index (χ1v) is 7.77. The Morgan fingerprint density at radius 2 is 1.56 bits per heavy atom. The molecule has 0 aliphatic heterocycles. The molecule has 90 valence electrons. The highest BCUT2D eigenvalue weighted by Crippen LogP contribution is 2.34. The number of aromatic amines is 1. The van der Waals surface area contributed by atoms with Crippen LogP contribution in [0, 0.1) is 6.92 Å². The molecule has 2 rings (SSSR count). The maximum Gasteiger partial charge on any atom is 0.0458 e. The van der Waals surface area contributed by atoms with Crippen molar-refractivity contribution in [2.45, 2.75) is 70.6 Å². The van der Waals surface area contributed by atoms with Gasteiger partial charge >= 0.3 is 0 Å². The number of aromatic nitrogens is 1. The van der Waals surface area contributed by atoms with Crippen molar-refractivity contribution in [2.24, 2.45) is 0 Å². The summed E-state index contributed by atoms with van der Waals surface area (Å²) in [4.78, 5) is 3.50. The van der Waals surface area contributed by atoms with E-state index < -0.39 is 0 Å². The Balaban J connectivity index is 1.94. The monoisotopic (exact) mass is 237 g/mol. The second kappa shape index (κ2) is 6.45. The Kier molecular flexibility index (Phi) is 4.91. The molecule has 0 radical (unpaired) electrons. The predicted octanol–water partition coefficient (Wildman–Crippen LogP) is 5.51. The zero-order valence-electron chi connectivity index (χ0n) is 10.5. The van der Waals surface area contributed by atoms with Gasteiger partial charge in [-0.1, -0.05) is 44.9 Å². The summed E-state index contributed by atoms with van der Waals surface area (Å²) >= 11 is 0. The molecule has 16 heavy (non-hydrogen) atoms. The minimum absolute atomic E-state index is 0.841. The van der Waals surface area contributed by atoms with Gasteiger partial charge in [-0.2, -0.15) is 0 Å². The quantitative estimate of drug-likeness (QED) is 0.662. The molecule has 1 aliphatic carbocycles. The van der Waals surface area contributed by atoms with E-state index in [0.29, 0.717) is 0 Å². The van der Waals surface area contributed by atoms with Crippen LogP contribution in [0.1, 0.15) is 74.4 Å². The normalized spacial score (nSPS) is 21.3. The van der Waals surface area contributed by atoms with E-state index in [1.54, 1.807) is 5.43 Å². The van der Waals surface area contributed by atoms with E-state index in [1.165, 1.54) is 71.3 Å². The van der Waals surface area contributed by atoms with Gasteiger partial charge in [0.25, 0.3) is 0 Å². The van der Waals surface area contributed by atoms with Crippen LogP contribution in [0.3, 0.4) is 0 Å². The zero-order chi connectivity index (χ0) is 11.2. The molecular formula is C14H24NP. The fourth-order valence-corrected chi connectivity index (χ4v) is 3.80. The molecule has 1 aliphatic rings. The average Bonchev–Trinajstić information content (AvgIpc) is 2.72. The van der Waals surface area contributed by atoms with E-state index in [0.717, 1.165) is 5.92 Å². The number of rotatable bonds is 1. The number of H-pyrrole nitrogens is 1. The molecule has 1 aromatic heterocycles. The van der Waals surface area contributed by atoms with Gasteiger partial charge in [0, 0.05) is 17.5 Å². The lowest BCUT2D eigenvalue weighted by Crippen LogP contribution is -2.00. The van der Waals surface area contributed by atoms with Gasteiger partial charge < -0.3 is 4.98 Å². The molecule has 1 N–H and O–H groups in total. The Morgan fingerprint density at radius 3 is 2.06 bits per heavy atom. The minimum atomic E-state index is 0.841. The van der Waals surface area contributed by atoms with Crippen molar-refractivity contribution < 1.29 is 0 Å². The third-order valence-electron chi connectivity index (χ3n) is 3.72. The first-order valence-electron chi connectivity index (χ1n) is 6.88. The molecule has 1 fully saturated rings. The molecule has 0 saturated heterocycles. The zero-order valence-corrected chi connectivity index (χ0v) is 11.4. The van der Waals surface area contributed by atoms with Crippen LogP contribution in [0.15, 0.2) is 6.20 Å². The van der Waals surface area contributed by atoms with Crippen molar-refractivity contribution in [3.63, 3.8) is 0 Å². The molecular weight excluding hydrogens is 213 g/mol. The van der Waals surface area contributed by atoms with E-state index in [2.05, 4.69) is 18.1 Å². The molecule has 0 bridgehead atoms. The van der Waals surface area contributed by atoms with Gasteiger partial charge in [0.2, 0.25) is 0 Å². The number of aryl methyl sites for hydroxylation is 1. The highest BCUT2D eigenvalue weighted by atomic mass is 31.0. The van der Waals surface area contributed by atoms with Gasteiger partial charge in [-0.25, -0.2) is 0 Å². The van der Waals surface area contributed by atoms with Gasteiger partial charge in [-0.3, -0.25) is 0 Å². The molecule has 1 nitrogen and oxygen atoms in total. The van der Waals surface area contributed by atoms with Crippen LogP contribution >= 0.6 is 8.19 Å². The van der Waals surface area contributed by atoms with Gasteiger partial charge in [0.1, 0.15) is 0 Å². The Bertz CT molecular complexity index is 295. The maximum atomic E-state index is 3.50. The van der Waals surface area contributed by atoms with Gasteiger partial charge in [0.05, 0.1) is 0 Å². The fourth-order valence-electron chi connectivity index (χ4n) is 2.73. The maximum absolute atomic E-state index is 3.50. The van der Waals surface area contributed by atoms with Gasteiger partial charge in [-0.15, -0.1) is 0 Å². The fraction of sp³-hybridized carbons (Fsp3) is 0.786. The van der Waals surface area contributed by atoms with E-state index in [4.69, 9.17) is 0 Å². The molecule has 0 atom stereocenters. The van der Waals surface area contributed by atoms with Crippen LogP contribution in [0.2, 0.25) is 0 Å². The molecule has 1 aromatic rings. The lowest BCUT2D eigenvalue weighted by atomic mass is 9.93. The van der Waals surface area contributed by atoms with Crippen LogP contribution in [0.5, 0.6) is 0 Å². The van der Waals surface area contributed by atoms with Gasteiger partial charge in [-0.05, 0) is 33.3 Å². The summed E-state index contributed by atoms with van der Waals surface area (Å²) in [5.41, 5.74) is 1.58. The molecule has 1 saturated carbocycles. The van der Waals surface area contributed by atoms with Crippen LogP contribution in [-0.2, 0) is 0 Å². The van der Waals surface area contributed by atoms with Crippen molar-refractivity contribution in [2.75, 3.05) is 0 Å². The van der Waals surface area contributed by atoms with E-state index >= 15 is 0 Å². The SMILES string of the molecule is Cc1c[nH]c(C2CCCCCCCCC2)p1. The van der Waals surface area contributed by atoms with Crippen LogP contribution in [0.25, 0.3) is 0 Å². The molecule has 2 heteroatoms. The molecule has 1 heterocycles. The van der Waals surface area contributed by atoms with E-state index in [9.17, 15) is 0 Å². The summed E-state index contributed by atoms with van der Waals surface area (Å²) in [6, 6.07) is 0. The number of hydrogen-bond acceptors (Lipinski definition) is 0. The Morgan fingerprint density at radius 1 is 1.00 bits per heavy atom. The van der Waals surface area contributed by atoms with Crippen molar-refractivity contribution in [1.29, 1.82) is 0 Å². The van der Waals surface area contributed by atoms with E-state index in [1.807, 2.05) is 0 Å². The smallest absolute Gasteiger partial charge is 0.0458 e. The standard InChI is InChI=1S/C14H24NP/c1-12-11-15-14(16-12)13-9-7-5-3-2-4-6-8-10-13/h11,13,15H,2-10H2,1H3. The lowest BCUT2D eigenvalue weighted by Gasteiger charge is -2.16. The Hall–Kier alpha value is -0.290. The summed E-state index contributed by atoms with van der Waals surface area (Å²) in [6.07, 6.45) is 15.2. The van der Waals surface area contributed by atoms with Crippen molar-refractivity contribution >= 4 is 8.19 Å². The first kappa shape index (κ1) is 12.2. The predicted molar refractivity (Wildman–Crippen MR) is 72.3 cm³/mol. The number of hydrogen-bond donors (Lipinski definition) is 1. The van der Waals surface area contributed by atoms with Crippen molar-refractivity contribution in [3.8, 4) is 0 Å². The van der Waals surface area contributed by atoms with E-state index in [-0.39, 0.29) is 0 Å². The third kappa shape index (κ3) is 3.63. The second-order valence-corrected chi connectivity index (χ2v) is 6.59. The van der Waals surface area contributed by atoms with Crippen molar-refractivity contribution in [3.05, 3.63) is 16.9 Å². The van der Waals surface area contributed by atoms with Crippen LogP contribution < -0.4 is 0 Å². The summed E-state index contributed by atoms with van der Waals surface area (Å²) in [7, 11) is 1.46. The molecule has 0 unspecified atom stereocenters. The molecule has 0 amide bonds. The highest BCUT2D eigenvalue weighted by Gasteiger charge is 2.14. The van der Waals surface area contributed by atoms with Crippen molar-refractivity contribution in [1.82, 2.24) is 4.98 Å². The van der Waals surface area contributed by atoms with Crippen LogP contribution in [-0.4, -0.2) is 4.98 Å². The summed E-state index contributed by atoms with van der Waals surface area (Å²) in [5.74, 6) is 0.841. The van der Waals surface area contributed by atoms with Crippen LogP contribution in [0.4, 0.5) is 0 Å². The summed E-state index contributed by atoms with van der Waals surface area (Å²) in [6.45, 7) is 2.22. The number of nitrogens with one attached hydrogen (secondary N) is 1. The summed E-state index contributed by atoms with van der Waals surface area (Å²) in [5, 5.41) is 1.48. The average molecular weight is 237 g/mol. The largest absolute Gasteiger partial charge is 0.360 e. The summed E-state index contributed by atoms with van der Waals surface area (Å²) < 4.78 is 0. The van der Waals surface area contributed by atoms with Gasteiger partial charge in [0.15, 0.2) is 0 Å². The minimum Gasteiger partial charge on any atom is -0.360 e. The Labute approximate surface area is 101 Å². The third-order valence-corrected chi connectivity index (χ3v) is 4.93. The second-order valence-electron chi connectivity index (χ2n) is 5.18. The molecule has 0 aromatic carbocycles. The first-order chi connectivity index (χ1) is 7.86. The lowest BCUT2D eigenvalue weighted by molar-refractivity contribution is 0.462. The topological polar surface area (TPSA) is 15.8 Å². The highest BCUT2D eigenvalue weighted by molar-refractivity contribution is 7.31. The molecule has 0 spiro atoms.